The highest BCUT2D eigenvalue weighted by molar-refractivity contribution is 5.94. The van der Waals surface area contributed by atoms with Gasteiger partial charge in [-0.3, -0.25) is 4.79 Å². The summed E-state index contributed by atoms with van der Waals surface area (Å²) < 4.78 is 5.90. The van der Waals surface area contributed by atoms with Crippen LogP contribution in [0.3, 0.4) is 0 Å². The van der Waals surface area contributed by atoms with Gasteiger partial charge in [0.25, 0.3) is 0 Å². The fourth-order valence-electron chi connectivity index (χ4n) is 2.84. The molecule has 1 N–H and O–H groups in total. The number of hydrogen-bond donors (Lipinski definition) is 1. The summed E-state index contributed by atoms with van der Waals surface area (Å²) >= 11 is 0. The van der Waals surface area contributed by atoms with Gasteiger partial charge in [-0.1, -0.05) is 39.8 Å². The van der Waals surface area contributed by atoms with E-state index in [1.54, 1.807) is 0 Å². The van der Waals surface area contributed by atoms with Gasteiger partial charge in [0.2, 0.25) is 5.91 Å². The first kappa shape index (κ1) is 17.5. The smallest absolute Gasteiger partial charge is 0.227 e. The summed E-state index contributed by atoms with van der Waals surface area (Å²) in [5.41, 5.74) is 2.31. The first-order valence-corrected chi connectivity index (χ1v) is 9.08. The molecule has 3 rings (SSSR count). The van der Waals surface area contributed by atoms with E-state index in [0.29, 0.717) is 5.92 Å². The maximum absolute atomic E-state index is 12.0. The Labute approximate surface area is 150 Å². The van der Waals surface area contributed by atoms with Crippen molar-refractivity contribution in [3.8, 4) is 11.5 Å². The second-order valence-electron chi connectivity index (χ2n) is 7.70. The topological polar surface area (TPSA) is 38.3 Å². The largest absolute Gasteiger partial charge is 0.457 e. The normalized spacial score (nSPS) is 19.4. The SMILES string of the molecule is CCC(C)(C)c1ccc(Oc2ccc(NC(=O)[C@H]3C[C@@H]3C)cc2)cc1. The minimum Gasteiger partial charge on any atom is -0.457 e. The van der Waals surface area contributed by atoms with E-state index in [2.05, 4.69) is 45.1 Å². The van der Waals surface area contributed by atoms with Crippen molar-refractivity contribution >= 4 is 11.6 Å². The lowest BCUT2D eigenvalue weighted by Gasteiger charge is -2.23. The molecule has 3 nitrogen and oxygen atoms in total. The van der Waals surface area contributed by atoms with Gasteiger partial charge in [-0.05, 0) is 66.1 Å². The van der Waals surface area contributed by atoms with Crippen LogP contribution in [0.2, 0.25) is 0 Å². The number of benzene rings is 2. The van der Waals surface area contributed by atoms with E-state index >= 15 is 0 Å². The Hall–Kier alpha value is -2.29. The molecule has 1 saturated carbocycles. The average Bonchev–Trinajstić information content (AvgIpc) is 3.34. The molecule has 0 aliphatic heterocycles. The van der Waals surface area contributed by atoms with E-state index in [1.165, 1.54) is 5.56 Å². The minimum atomic E-state index is 0.121. The van der Waals surface area contributed by atoms with Gasteiger partial charge < -0.3 is 10.1 Å². The zero-order chi connectivity index (χ0) is 18.0. The molecule has 25 heavy (non-hydrogen) atoms. The first-order valence-electron chi connectivity index (χ1n) is 9.08. The Morgan fingerprint density at radius 1 is 1.08 bits per heavy atom. The molecule has 0 aromatic heterocycles. The van der Waals surface area contributed by atoms with E-state index in [-0.39, 0.29) is 17.2 Å². The molecule has 0 bridgehead atoms. The fraction of sp³-hybridized carbons (Fsp3) is 0.409. The molecule has 0 spiro atoms. The lowest BCUT2D eigenvalue weighted by molar-refractivity contribution is -0.117. The summed E-state index contributed by atoms with van der Waals surface area (Å²) in [4.78, 5) is 12.0. The summed E-state index contributed by atoms with van der Waals surface area (Å²) in [5, 5.41) is 2.96. The summed E-state index contributed by atoms with van der Waals surface area (Å²) in [6.07, 6.45) is 2.10. The second kappa shape index (κ2) is 6.91. The van der Waals surface area contributed by atoms with Crippen molar-refractivity contribution in [2.45, 2.75) is 46.0 Å². The molecule has 0 unspecified atom stereocenters. The summed E-state index contributed by atoms with van der Waals surface area (Å²) in [6.45, 7) is 8.80. The summed E-state index contributed by atoms with van der Waals surface area (Å²) in [7, 11) is 0. The Kier molecular flexibility index (Phi) is 4.85. The second-order valence-corrected chi connectivity index (χ2v) is 7.70. The third-order valence-corrected chi connectivity index (χ3v) is 5.32. The number of carbonyl (C=O) groups is 1. The monoisotopic (exact) mass is 337 g/mol. The highest BCUT2D eigenvalue weighted by atomic mass is 16.5. The van der Waals surface area contributed by atoms with Crippen molar-refractivity contribution in [3.05, 3.63) is 54.1 Å². The van der Waals surface area contributed by atoms with Crippen LogP contribution in [0.1, 0.15) is 46.1 Å². The molecule has 2 aromatic carbocycles. The van der Waals surface area contributed by atoms with E-state index in [1.807, 2.05) is 36.4 Å². The Morgan fingerprint density at radius 3 is 2.08 bits per heavy atom. The first-order chi connectivity index (χ1) is 11.9. The molecular weight excluding hydrogens is 310 g/mol. The third-order valence-electron chi connectivity index (χ3n) is 5.32. The van der Waals surface area contributed by atoms with Gasteiger partial charge in [-0.25, -0.2) is 0 Å². The van der Waals surface area contributed by atoms with Gasteiger partial charge in [-0.2, -0.15) is 0 Å². The third kappa shape index (κ3) is 4.22. The Bertz CT molecular complexity index is 732. The van der Waals surface area contributed by atoms with Crippen LogP contribution in [0.15, 0.2) is 48.5 Å². The maximum Gasteiger partial charge on any atom is 0.227 e. The maximum atomic E-state index is 12.0. The quantitative estimate of drug-likeness (QED) is 0.727. The number of anilines is 1. The van der Waals surface area contributed by atoms with Crippen LogP contribution < -0.4 is 10.1 Å². The van der Waals surface area contributed by atoms with Crippen LogP contribution in [0.5, 0.6) is 11.5 Å². The van der Waals surface area contributed by atoms with Gasteiger partial charge in [0.1, 0.15) is 11.5 Å². The molecule has 0 heterocycles. The van der Waals surface area contributed by atoms with Crippen LogP contribution in [-0.4, -0.2) is 5.91 Å². The van der Waals surface area contributed by atoms with Crippen molar-refractivity contribution in [3.63, 3.8) is 0 Å². The Balaban J connectivity index is 1.60. The van der Waals surface area contributed by atoms with Crippen LogP contribution >= 0.6 is 0 Å². The predicted octanol–water partition coefficient (Wildman–Crippen LogP) is 5.76. The van der Waals surface area contributed by atoms with E-state index in [4.69, 9.17) is 4.74 Å². The lowest BCUT2D eigenvalue weighted by atomic mass is 9.82. The highest BCUT2D eigenvalue weighted by Crippen LogP contribution is 2.38. The number of nitrogens with one attached hydrogen (secondary N) is 1. The van der Waals surface area contributed by atoms with E-state index in [0.717, 1.165) is 30.0 Å². The van der Waals surface area contributed by atoms with Crippen LogP contribution in [-0.2, 0) is 10.2 Å². The van der Waals surface area contributed by atoms with Crippen molar-refractivity contribution in [1.82, 2.24) is 0 Å². The van der Waals surface area contributed by atoms with Gasteiger partial charge in [-0.15, -0.1) is 0 Å². The van der Waals surface area contributed by atoms with Gasteiger partial charge >= 0.3 is 0 Å². The van der Waals surface area contributed by atoms with Crippen LogP contribution in [0, 0.1) is 11.8 Å². The predicted molar refractivity (Wildman–Crippen MR) is 102 cm³/mol. The highest BCUT2D eigenvalue weighted by Gasteiger charge is 2.39. The lowest BCUT2D eigenvalue weighted by Crippen LogP contribution is -2.14. The molecule has 132 valence electrons. The zero-order valence-electron chi connectivity index (χ0n) is 15.5. The molecule has 2 atom stereocenters. The Morgan fingerprint density at radius 2 is 1.60 bits per heavy atom. The van der Waals surface area contributed by atoms with Crippen LogP contribution in [0.25, 0.3) is 0 Å². The van der Waals surface area contributed by atoms with Crippen molar-refractivity contribution in [2.24, 2.45) is 11.8 Å². The molecule has 1 amide bonds. The van der Waals surface area contributed by atoms with Crippen LogP contribution in [0.4, 0.5) is 5.69 Å². The average molecular weight is 337 g/mol. The fourth-order valence-corrected chi connectivity index (χ4v) is 2.84. The van der Waals surface area contributed by atoms with Crippen molar-refractivity contribution in [1.29, 1.82) is 0 Å². The number of hydrogen-bond acceptors (Lipinski definition) is 2. The number of carbonyl (C=O) groups excluding carboxylic acids is 1. The molecular formula is C22H27NO2. The minimum absolute atomic E-state index is 0.121. The molecule has 0 saturated heterocycles. The standard InChI is InChI=1S/C22H27NO2/c1-5-22(3,4)16-6-10-18(11-7-16)25-19-12-8-17(9-13-19)23-21(24)20-14-15(20)2/h6-13,15,20H,5,14H2,1-4H3,(H,23,24)/t15-,20-/m0/s1. The summed E-state index contributed by atoms with van der Waals surface area (Å²) in [5.74, 6) is 2.40. The van der Waals surface area contributed by atoms with E-state index in [9.17, 15) is 4.79 Å². The number of ether oxygens (including phenoxy) is 1. The number of amides is 1. The molecule has 1 aliphatic rings. The van der Waals surface area contributed by atoms with Gasteiger partial charge in [0, 0.05) is 11.6 Å². The van der Waals surface area contributed by atoms with Crippen molar-refractivity contribution in [2.75, 3.05) is 5.32 Å². The van der Waals surface area contributed by atoms with E-state index < -0.39 is 0 Å². The molecule has 1 fully saturated rings. The molecule has 0 radical (unpaired) electrons. The van der Waals surface area contributed by atoms with Gasteiger partial charge in [0.15, 0.2) is 0 Å². The number of rotatable bonds is 6. The zero-order valence-corrected chi connectivity index (χ0v) is 15.5. The van der Waals surface area contributed by atoms with Gasteiger partial charge in [0.05, 0.1) is 0 Å². The molecule has 3 heteroatoms. The summed E-state index contributed by atoms with van der Waals surface area (Å²) in [6, 6.07) is 15.8. The van der Waals surface area contributed by atoms with Crippen molar-refractivity contribution < 1.29 is 9.53 Å². The molecule has 1 aliphatic carbocycles. The molecule has 2 aromatic rings.